The van der Waals surface area contributed by atoms with Crippen molar-refractivity contribution in [1.29, 1.82) is 0 Å². The number of likely N-dealkylation sites (N-methyl/N-ethyl adjacent to an activating group) is 2. The standard InChI is InChI=1S/C7H17N3/c1-9-5-3-4-7(6-9)10(2)8/h7H,3-6,8H2,1-2H3. The third-order valence-electron chi connectivity index (χ3n) is 2.18. The molecule has 0 aromatic carbocycles. The topological polar surface area (TPSA) is 32.5 Å². The molecule has 0 amide bonds. The molecule has 0 spiro atoms. The Morgan fingerprint density at radius 1 is 1.60 bits per heavy atom. The van der Waals surface area contributed by atoms with Crippen molar-refractivity contribution in [2.75, 3.05) is 27.2 Å². The van der Waals surface area contributed by atoms with E-state index in [1.54, 1.807) is 0 Å². The first kappa shape index (κ1) is 7.98. The quantitative estimate of drug-likeness (QED) is 0.410. The first-order valence-corrected chi connectivity index (χ1v) is 3.86. The molecule has 1 heterocycles. The van der Waals surface area contributed by atoms with E-state index in [4.69, 9.17) is 5.84 Å². The average molecular weight is 143 g/mol. The van der Waals surface area contributed by atoms with Gasteiger partial charge in [0.25, 0.3) is 0 Å². The second-order valence-corrected chi connectivity index (χ2v) is 3.22. The molecule has 3 nitrogen and oxygen atoms in total. The van der Waals surface area contributed by atoms with Crippen molar-refractivity contribution >= 4 is 0 Å². The summed E-state index contributed by atoms with van der Waals surface area (Å²) >= 11 is 0. The summed E-state index contributed by atoms with van der Waals surface area (Å²) in [4.78, 5) is 2.33. The van der Waals surface area contributed by atoms with Crippen LogP contribution < -0.4 is 5.84 Å². The zero-order valence-corrected chi connectivity index (χ0v) is 6.88. The van der Waals surface area contributed by atoms with E-state index in [0.717, 1.165) is 6.54 Å². The maximum Gasteiger partial charge on any atom is 0.0365 e. The highest BCUT2D eigenvalue weighted by atomic mass is 15.4. The smallest absolute Gasteiger partial charge is 0.0365 e. The number of hydrogen-bond donors (Lipinski definition) is 1. The minimum absolute atomic E-state index is 0.568. The molecule has 0 radical (unpaired) electrons. The Kier molecular flexibility index (Phi) is 2.65. The van der Waals surface area contributed by atoms with E-state index in [2.05, 4.69) is 11.9 Å². The normalized spacial score (nSPS) is 29.4. The zero-order chi connectivity index (χ0) is 7.56. The molecule has 2 N–H and O–H groups in total. The van der Waals surface area contributed by atoms with Crippen molar-refractivity contribution in [2.24, 2.45) is 5.84 Å². The molecule has 0 bridgehead atoms. The molecule has 0 aromatic heterocycles. The maximum atomic E-state index is 5.64. The highest BCUT2D eigenvalue weighted by molar-refractivity contribution is 4.74. The highest BCUT2D eigenvalue weighted by Crippen LogP contribution is 2.10. The molecule has 1 fully saturated rings. The summed E-state index contributed by atoms with van der Waals surface area (Å²) < 4.78 is 0. The van der Waals surface area contributed by atoms with Crippen molar-refractivity contribution in [1.82, 2.24) is 9.91 Å². The SMILES string of the molecule is CN1CCCC(N(C)N)C1. The lowest BCUT2D eigenvalue weighted by Crippen LogP contribution is -2.47. The van der Waals surface area contributed by atoms with Crippen LogP contribution in [0.15, 0.2) is 0 Å². The molecule has 1 saturated heterocycles. The Balaban J connectivity index is 2.32. The fourth-order valence-electron chi connectivity index (χ4n) is 1.47. The highest BCUT2D eigenvalue weighted by Gasteiger charge is 2.18. The van der Waals surface area contributed by atoms with Gasteiger partial charge < -0.3 is 4.90 Å². The van der Waals surface area contributed by atoms with Crippen molar-refractivity contribution in [3.8, 4) is 0 Å². The van der Waals surface area contributed by atoms with E-state index in [-0.39, 0.29) is 0 Å². The van der Waals surface area contributed by atoms with Crippen molar-refractivity contribution in [2.45, 2.75) is 18.9 Å². The second-order valence-electron chi connectivity index (χ2n) is 3.22. The molecular weight excluding hydrogens is 126 g/mol. The van der Waals surface area contributed by atoms with Gasteiger partial charge in [0.1, 0.15) is 0 Å². The van der Waals surface area contributed by atoms with Crippen LogP contribution in [-0.2, 0) is 0 Å². The van der Waals surface area contributed by atoms with Gasteiger partial charge in [-0.25, -0.2) is 5.01 Å². The van der Waals surface area contributed by atoms with Crippen molar-refractivity contribution in [3.05, 3.63) is 0 Å². The Labute approximate surface area is 62.8 Å². The second kappa shape index (κ2) is 3.32. The van der Waals surface area contributed by atoms with E-state index in [9.17, 15) is 0 Å². The van der Waals surface area contributed by atoms with Gasteiger partial charge in [0.15, 0.2) is 0 Å². The number of piperidine rings is 1. The Morgan fingerprint density at radius 3 is 2.70 bits per heavy atom. The van der Waals surface area contributed by atoms with Gasteiger partial charge in [0, 0.05) is 19.6 Å². The fourth-order valence-corrected chi connectivity index (χ4v) is 1.47. The molecule has 60 valence electrons. The first-order valence-electron chi connectivity index (χ1n) is 3.86. The van der Waals surface area contributed by atoms with Crippen LogP contribution in [0.4, 0.5) is 0 Å². The Hall–Kier alpha value is -0.120. The Bertz CT molecular complexity index is 103. The minimum Gasteiger partial charge on any atom is -0.305 e. The Morgan fingerprint density at radius 2 is 2.30 bits per heavy atom. The monoisotopic (exact) mass is 143 g/mol. The van der Waals surface area contributed by atoms with Crippen LogP contribution in [0.2, 0.25) is 0 Å². The summed E-state index contributed by atoms with van der Waals surface area (Å²) in [5, 5.41) is 1.83. The van der Waals surface area contributed by atoms with E-state index in [1.165, 1.54) is 19.4 Å². The molecule has 1 aliphatic heterocycles. The number of likely N-dealkylation sites (tertiary alicyclic amines) is 1. The zero-order valence-electron chi connectivity index (χ0n) is 6.88. The predicted octanol–water partition coefficient (Wildman–Crippen LogP) is -0.114. The summed E-state index contributed by atoms with van der Waals surface area (Å²) in [6.45, 7) is 2.34. The van der Waals surface area contributed by atoms with Crippen LogP contribution in [0.3, 0.4) is 0 Å². The van der Waals surface area contributed by atoms with Gasteiger partial charge in [0.2, 0.25) is 0 Å². The molecule has 1 unspecified atom stereocenters. The molecule has 1 rings (SSSR count). The summed E-state index contributed by atoms with van der Waals surface area (Å²) in [5.41, 5.74) is 0. The summed E-state index contributed by atoms with van der Waals surface area (Å²) in [6, 6.07) is 0.568. The van der Waals surface area contributed by atoms with Crippen LogP contribution in [0.25, 0.3) is 0 Å². The molecule has 3 heteroatoms. The molecule has 1 atom stereocenters. The minimum atomic E-state index is 0.568. The van der Waals surface area contributed by atoms with Crippen LogP contribution >= 0.6 is 0 Å². The summed E-state index contributed by atoms with van der Waals surface area (Å²) in [7, 11) is 4.10. The van der Waals surface area contributed by atoms with Crippen molar-refractivity contribution in [3.63, 3.8) is 0 Å². The molecule has 10 heavy (non-hydrogen) atoms. The van der Waals surface area contributed by atoms with Crippen LogP contribution in [-0.4, -0.2) is 43.1 Å². The lowest BCUT2D eigenvalue weighted by Gasteiger charge is -2.33. The number of nitrogens with two attached hydrogens (primary N) is 1. The van der Waals surface area contributed by atoms with E-state index >= 15 is 0 Å². The summed E-state index contributed by atoms with van der Waals surface area (Å²) in [5.74, 6) is 5.64. The molecule has 0 aliphatic carbocycles. The number of rotatable bonds is 1. The van der Waals surface area contributed by atoms with Gasteiger partial charge >= 0.3 is 0 Å². The largest absolute Gasteiger partial charge is 0.305 e. The van der Waals surface area contributed by atoms with Gasteiger partial charge in [-0.3, -0.25) is 5.84 Å². The molecular formula is C7H17N3. The summed E-state index contributed by atoms with van der Waals surface area (Å²) in [6.07, 6.45) is 2.53. The lowest BCUT2D eigenvalue weighted by atomic mass is 10.1. The van der Waals surface area contributed by atoms with Gasteiger partial charge in [-0.2, -0.15) is 0 Å². The fraction of sp³-hybridized carbons (Fsp3) is 1.00. The predicted molar refractivity (Wildman–Crippen MR) is 42.5 cm³/mol. The number of hydrogen-bond acceptors (Lipinski definition) is 3. The van der Waals surface area contributed by atoms with Crippen molar-refractivity contribution < 1.29 is 0 Å². The maximum absolute atomic E-state index is 5.64. The van der Waals surface area contributed by atoms with E-state index in [1.807, 2.05) is 12.1 Å². The van der Waals surface area contributed by atoms with Gasteiger partial charge in [-0.1, -0.05) is 0 Å². The number of hydrazine groups is 1. The molecule has 0 aromatic rings. The third-order valence-corrected chi connectivity index (χ3v) is 2.18. The van der Waals surface area contributed by atoms with Gasteiger partial charge in [-0.15, -0.1) is 0 Å². The third kappa shape index (κ3) is 1.94. The number of nitrogens with zero attached hydrogens (tertiary/aromatic N) is 2. The van der Waals surface area contributed by atoms with E-state index in [0.29, 0.717) is 6.04 Å². The first-order chi connectivity index (χ1) is 4.70. The average Bonchev–Trinajstić information content (AvgIpc) is 1.88. The molecule has 0 saturated carbocycles. The van der Waals surface area contributed by atoms with Gasteiger partial charge in [0.05, 0.1) is 0 Å². The molecule has 1 aliphatic rings. The van der Waals surface area contributed by atoms with Crippen LogP contribution in [0, 0.1) is 0 Å². The van der Waals surface area contributed by atoms with Crippen LogP contribution in [0.5, 0.6) is 0 Å². The van der Waals surface area contributed by atoms with Crippen LogP contribution in [0.1, 0.15) is 12.8 Å². The lowest BCUT2D eigenvalue weighted by molar-refractivity contribution is 0.136. The van der Waals surface area contributed by atoms with Gasteiger partial charge in [-0.05, 0) is 26.4 Å². The van der Waals surface area contributed by atoms with E-state index < -0.39 is 0 Å².